The lowest BCUT2D eigenvalue weighted by atomic mass is 10.1. The minimum absolute atomic E-state index is 0.102. The largest absolute Gasteiger partial charge is 0.356 e. The van der Waals surface area contributed by atoms with Crippen molar-refractivity contribution in [3.05, 3.63) is 24.3 Å². The molecule has 0 heterocycles. The molecule has 0 aliphatic carbocycles. The van der Waals surface area contributed by atoms with Gasteiger partial charge in [-0.25, -0.2) is 0 Å². The van der Waals surface area contributed by atoms with Gasteiger partial charge < -0.3 is 21.3 Å². The third kappa shape index (κ3) is 41.0. The quantitative estimate of drug-likeness (QED) is 0.0434. The van der Waals surface area contributed by atoms with E-state index in [1.165, 1.54) is 173 Å². The summed E-state index contributed by atoms with van der Waals surface area (Å²) in [6, 6.07) is 0. The molecule has 0 unspecified atom stereocenters. The van der Waals surface area contributed by atoms with Crippen molar-refractivity contribution in [2.24, 2.45) is 5.73 Å². The predicted octanol–water partition coefficient (Wildman–Crippen LogP) is 11.7. The number of allylic oxidation sites excluding steroid dienone is 4. The van der Waals surface area contributed by atoms with Crippen LogP contribution in [0.2, 0.25) is 0 Å². The van der Waals surface area contributed by atoms with Gasteiger partial charge in [0.2, 0.25) is 11.8 Å². The molecule has 0 aliphatic heterocycles. The number of nitrogens with two attached hydrogens (primary N) is 1. The molecule has 0 aliphatic rings. The van der Waals surface area contributed by atoms with Crippen LogP contribution in [0.1, 0.15) is 213 Å². The van der Waals surface area contributed by atoms with E-state index in [-0.39, 0.29) is 11.8 Å². The van der Waals surface area contributed by atoms with Gasteiger partial charge in [0.15, 0.2) is 0 Å². The van der Waals surface area contributed by atoms with Crippen LogP contribution in [0.3, 0.4) is 0 Å². The summed E-state index contributed by atoms with van der Waals surface area (Å²) in [5.74, 6) is 0.204. The van der Waals surface area contributed by atoms with Crippen LogP contribution < -0.4 is 16.4 Å². The van der Waals surface area contributed by atoms with Gasteiger partial charge in [0.25, 0.3) is 0 Å². The Bertz CT molecular complexity index is 784. The molecule has 0 aromatic carbocycles. The van der Waals surface area contributed by atoms with Crippen LogP contribution in [0, 0.1) is 0 Å². The van der Waals surface area contributed by atoms with Crippen molar-refractivity contribution in [3.63, 3.8) is 0 Å². The molecule has 0 saturated carbocycles. The normalized spacial score (nSPS) is 11.8. The molecule has 0 fully saturated rings. The van der Waals surface area contributed by atoms with Crippen LogP contribution in [0.4, 0.5) is 0 Å². The summed E-state index contributed by atoms with van der Waals surface area (Å²) in [6.45, 7) is 8.63. The lowest BCUT2D eigenvalue weighted by molar-refractivity contribution is -0.121. The summed E-state index contributed by atoms with van der Waals surface area (Å²) in [7, 11) is 0. The number of carbonyl (C=O) groups is 2. The molecule has 0 aromatic heterocycles. The molecule has 4 N–H and O–H groups in total. The van der Waals surface area contributed by atoms with E-state index >= 15 is 0 Å². The number of rotatable bonds is 41. The van der Waals surface area contributed by atoms with Gasteiger partial charge in [0.1, 0.15) is 0 Å². The maximum absolute atomic E-state index is 12.4. The lowest BCUT2D eigenvalue weighted by Gasteiger charge is -2.21. The summed E-state index contributed by atoms with van der Waals surface area (Å²) in [5, 5.41) is 6.17. The molecule has 0 saturated heterocycles. The summed E-state index contributed by atoms with van der Waals surface area (Å²) in [4.78, 5) is 26.9. The highest BCUT2D eigenvalue weighted by molar-refractivity contribution is 5.76. The topological polar surface area (TPSA) is 87.5 Å². The first-order valence-corrected chi connectivity index (χ1v) is 22.4. The Morgan fingerprint density at radius 1 is 0.431 bits per heavy atom. The zero-order valence-electron chi connectivity index (χ0n) is 34.3. The molecule has 2 amide bonds. The molecule has 300 valence electrons. The van der Waals surface area contributed by atoms with E-state index in [0.717, 1.165) is 25.9 Å². The van der Waals surface area contributed by atoms with Crippen LogP contribution in [-0.2, 0) is 9.59 Å². The summed E-state index contributed by atoms with van der Waals surface area (Å²) < 4.78 is 0. The van der Waals surface area contributed by atoms with Gasteiger partial charge in [-0.2, -0.15) is 0 Å². The minimum Gasteiger partial charge on any atom is -0.356 e. The molecule has 0 rings (SSSR count). The van der Waals surface area contributed by atoms with Crippen molar-refractivity contribution in [2.45, 2.75) is 213 Å². The highest BCUT2D eigenvalue weighted by atomic mass is 16.2. The Labute approximate surface area is 318 Å². The van der Waals surface area contributed by atoms with Gasteiger partial charge in [-0.3, -0.25) is 9.59 Å². The Balaban J connectivity index is 3.60. The first kappa shape index (κ1) is 49.3. The van der Waals surface area contributed by atoms with Crippen molar-refractivity contribution < 1.29 is 9.59 Å². The first-order chi connectivity index (χ1) is 25.1. The SMILES string of the molecule is CCCCCCCC/C=C\CCCCCCCCCNC(=O)CCN(CCN)CCC(=O)NCCCCCCCC/C=C\CCCCCCCC. The molecular weight excluding hydrogens is 629 g/mol. The number of hydrogen-bond donors (Lipinski definition) is 3. The highest BCUT2D eigenvalue weighted by Gasteiger charge is 2.10. The number of carbonyl (C=O) groups excluding carboxylic acids is 2. The van der Waals surface area contributed by atoms with Crippen LogP contribution in [0.25, 0.3) is 0 Å². The van der Waals surface area contributed by atoms with Crippen molar-refractivity contribution in [2.75, 3.05) is 39.3 Å². The van der Waals surface area contributed by atoms with E-state index in [0.29, 0.717) is 39.0 Å². The van der Waals surface area contributed by atoms with Crippen LogP contribution in [0.5, 0.6) is 0 Å². The van der Waals surface area contributed by atoms with Crippen molar-refractivity contribution >= 4 is 11.8 Å². The van der Waals surface area contributed by atoms with Gasteiger partial charge in [0.05, 0.1) is 0 Å². The fraction of sp³-hybridized carbons (Fsp3) is 0.867. The van der Waals surface area contributed by atoms with Gasteiger partial charge in [-0.1, -0.05) is 160 Å². The number of amides is 2. The monoisotopic (exact) mass is 717 g/mol. The van der Waals surface area contributed by atoms with Gasteiger partial charge >= 0.3 is 0 Å². The third-order valence-electron chi connectivity index (χ3n) is 10.0. The molecule has 0 radical (unpaired) electrons. The van der Waals surface area contributed by atoms with Crippen molar-refractivity contribution in [1.29, 1.82) is 0 Å². The Hall–Kier alpha value is -1.66. The van der Waals surface area contributed by atoms with Crippen LogP contribution >= 0.6 is 0 Å². The zero-order valence-corrected chi connectivity index (χ0v) is 34.3. The molecular formula is C45H88N4O2. The second-order valence-corrected chi connectivity index (χ2v) is 15.1. The van der Waals surface area contributed by atoms with E-state index in [9.17, 15) is 9.59 Å². The predicted molar refractivity (Wildman–Crippen MR) is 224 cm³/mol. The summed E-state index contributed by atoms with van der Waals surface area (Å²) in [6.07, 6.45) is 48.1. The average molecular weight is 717 g/mol. The Morgan fingerprint density at radius 2 is 0.725 bits per heavy atom. The molecule has 51 heavy (non-hydrogen) atoms. The smallest absolute Gasteiger partial charge is 0.221 e. The molecule has 0 atom stereocenters. The Kier molecular flexibility index (Phi) is 41.4. The maximum atomic E-state index is 12.4. The standard InChI is InChI=1S/C45H88N4O2/c1-3-5-7-9-11-13-15-17-19-21-23-25-27-29-31-33-35-40-48-45(51)37-42-49(43-38-46)41-36-44(50)47-39-34-32-30-28-26-24-22-20-18-16-14-12-10-8-6-4-2/h17-20H,3-16,21-43,46H2,1-2H3,(H,47,50)(H,48,51)/b19-17-,20-18-. The Morgan fingerprint density at radius 3 is 1.04 bits per heavy atom. The third-order valence-corrected chi connectivity index (χ3v) is 10.0. The van der Waals surface area contributed by atoms with Gasteiger partial charge in [-0.15, -0.1) is 0 Å². The second-order valence-electron chi connectivity index (χ2n) is 15.1. The van der Waals surface area contributed by atoms with E-state index < -0.39 is 0 Å². The van der Waals surface area contributed by atoms with Gasteiger partial charge in [-0.05, 0) is 64.2 Å². The van der Waals surface area contributed by atoms with Crippen LogP contribution in [0.15, 0.2) is 24.3 Å². The van der Waals surface area contributed by atoms with E-state index in [1.54, 1.807) is 0 Å². The minimum atomic E-state index is 0.102. The fourth-order valence-electron chi connectivity index (χ4n) is 6.59. The summed E-state index contributed by atoms with van der Waals surface area (Å²) >= 11 is 0. The molecule has 0 spiro atoms. The lowest BCUT2D eigenvalue weighted by Crippen LogP contribution is -2.37. The van der Waals surface area contributed by atoms with E-state index in [2.05, 4.69) is 53.7 Å². The molecule has 0 aromatic rings. The fourth-order valence-corrected chi connectivity index (χ4v) is 6.59. The second kappa shape index (κ2) is 42.8. The summed E-state index contributed by atoms with van der Waals surface area (Å²) in [5.41, 5.74) is 5.81. The number of unbranched alkanes of at least 4 members (excludes halogenated alkanes) is 25. The molecule has 0 bridgehead atoms. The van der Waals surface area contributed by atoms with Gasteiger partial charge in [0, 0.05) is 52.1 Å². The van der Waals surface area contributed by atoms with E-state index in [1.807, 2.05) is 0 Å². The molecule has 6 nitrogen and oxygen atoms in total. The average Bonchev–Trinajstić information content (AvgIpc) is 3.13. The number of nitrogens with one attached hydrogen (secondary N) is 2. The maximum Gasteiger partial charge on any atom is 0.221 e. The molecule has 6 heteroatoms. The zero-order chi connectivity index (χ0) is 37.1. The van der Waals surface area contributed by atoms with E-state index in [4.69, 9.17) is 5.73 Å². The van der Waals surface area contributed by atoms with Crippen LogP contribution in [-0.4, -0.2) is 56.0 Å². The number of nitrogens with zero attached hydrogens (tertiary/aromatic N) is 1. The number of hydrogen-bond acceptors (Lipinski definition) is 4. The first-order valence-electron chi connectivity index (χ1n) is 22.4. The van der Waals surface area contributed by atoms with Crippen molar-refractivity contribution in [1.82, 2.24) is 15.5 Å². The van der Waals surface area contributed by atoms with Crippen molar-refractivity contribution in [3.8, 4) is 0 Å². The highest BCUT2D eigenvalue weighted by Crippen LogP contribution is 2.12.